The Kier molecular flexibility index (Phi) is 4.96. The number of nitrogens with zero attached hydrogens (tertiary/aromatic N) is 4. The molecule has 4 rings (SSSR count). The molecule has 31 heavy (non-hydrogen) atoms. The van der Waals surface area contributed by atoms with Crippen molar-refractivity contribution in [1.82, 2.24) is 19.9 Å². The highest BCUT2D eigenvalue weighted by Crippen LogP contribution is 2.35. The number of hydrogen-bond donors (Lipinski definition) is 1. The molecule has 0 fully saturated rings. The molecule has 0 unspecified atom stereocenters. The topological polar surface area (TPSA) is 63.6 Å². The van der Waals surface area contributed by atoms with Crippen molar-refractivity contribution in [3.63, 3.8) is 0 Å². The lowest BCUT2D eigenvalue weighted by molar-refractivity contribution is -0.138. The van der Waals surface area contributed by atoms with Crippen LogP contribution >= 0.6 is 0 Å². The molecule has 0 aliphatic heterocycles. The van der Waals surface area contributed by atoms with E-state index in [1.54, 1.807) is 0 Å². The Morgan fingerprint density at radius 2 is 1.48 bits per heavy atom. The van der Waals surface area contributed by atoms with Gasteiger partial charge in [0.25, 0.3) is 0 Å². The zero-order chi connectivity index (χ0) is 22.2. The molecule has 0 saturated carbocycles. The van der Waals surface area contributed by atoms with Crippen LogP contribution in [0, 0.1) is 0 Å². The van der Waals surface area contributed by atoms with E-state index in [-0.39, 0.29) is 28.2 Å². The number of aromatic nitrogens is 4. The van der Waals surface area contributed by atoms with Gasteiger partial charge in [-0.1, -0.05) is 0 Å². The van der Waals surface area contributed by atoms with Crippen molar-refractivity contribution in [3.05, 3.63) is 72.2 Å². The molecule has 1 aromatic carbocycles. The minimum atomic E-state index is -4.62. The summed E-state index contributed by atoms with van der Waals surface area (Å²) in [6.07, 6.45) is -5.36. The zero-order valence-electron chi connectivity index (χ0n) is 15.3. The minimum Gasteiger partial charge on any atom is -0.338 e. The van der Waals surface area contributed by atoms with Gasteiger partial charge in [0.15, 0.2) is 5.82 Å². The first-order valence-electron chi connectivity index (χ1n) is 8.71. The fourth-order valence-corrected chi connectivity index (χ4v) is 2.87. The molecule has 0 spiro atoms. The summed E-state index contributed by atoms with van der Waals surface area (Å²) in [5, 5.41) is 2.84. The summed E-state index contributed by atoms with van der Waals surface area (Å²) >= 11 is 0. The van der Waals surface area contributed by atoms with Crippen molar-refractivity contribution < 1.29 is 26.3 Å². The maximum atomic E-state index is 13.3. The number of benzene rings is 1. The third-order valence-corrected chi connectivity index (χ3v) is 4.29. The van der Waals surface area contributed by atoms with E-state index in [0.29, 0.717) is 5.69 Å². The Morgan fingerprint density at radius 1 is 0.742 bits per heavy atom. The molecule has 11 heteroatoms. The number of rotatable bonds is 3. The van der Waals surface area contributed by atoms with Gasteiger partial charge in [-0.2, -0.15) is 26.3 Å². The molecule has 0 saturated heterocycles. The van der Waals surface area contributed by atoms with Gasteiger partial charge >= 0.3 is 12.4 Å². The highest BCUT2D eigenvalue weighted by atomic mass is 19.4. The van der Waals surface area contributed by atoms with Crippen molar-refractivity contribution in [1.29, 1.82) is 0 Å². The van der Waals surface area contributed by atoms with Gasteiger partial charge in [0.1, 0.15) is 16.9 Å². The first kappa shape index (κ1) is 20.5. The number of anilines is 2. The minimum absolute atomic E-state index is 0.0768. The first-order valence-corrected chi connectivity index (χ1v) is 8.71. The SMILES string of the molecule is FC(F)(F)c1ccc(Nc2nccc3nc(-c4ncccc4C(F)(F)F)cnc23)cc1. The second-order valence-corrected chi connectivity index (χ2v) is 6.38. The van der Waals surface area contributed by atoms with E-state index in [0.717, 1.165) is 24.4 Å². The Morgan fingerprint density at radius 3 is 2.16 bits per heavy atom. The average molecular weight is 435 g/mol. The summed E-state index contributed by atoms with van der Waals surface area (Å²) in [5.74, 6) is 0.188. The van der Waals surface area contributed by atoms with E-state index in [1.807, 2.05) is 0 Å². The molecule has 1 N–H and O–H groups in total. The largest absolute Gasteiger partial charge is 0.418 e. The van der Waals surface area contributed by atoms with E-state index < -0.39 is 23.5 Å². The van der Waals surface area contributed by atoms with Crippen molar-refractivity contribution in [2.45, 2.75) is 12.4 Å². The zero-order valence-corrected chi connectivity index (χ0v) is 15.3. The van der Waals surface area contributed by atoms with E-state index in [4.69, 9.17) is 0 Å². The van der Waals surface area contributed by atoms with Crippen LogP contribution in [0.15, 0.2) is 61.1 Å². The van der Waals surface area contributed by atoms with E-state index in [1.165, 1.54) is 36.7 Å². The normalized spacial score (nSPS) is 12.2. The van der Waals surface area contributed by atoms with E-state index >= 15 is 0 Å². The maximum absolute atomic E-state index is 13.3. The van der Waals surface area contributed by atoms with Crippen LogP contribution in [-0.4, -0.2) is 19.9 Å². The lowest BCUT2D eigenvalue weighted by Gasteiger charge is -2.12. The molecule has 5 nitrogen and oxygen atoms in total. The van der Waals surface area contributed by atoms with Crippen molar-refractivity contribution >= 4 is 22.5 Å². The van der Waals surface area contributed by atoms with Crippen LogP contribution in [0.5, 0.6) is 0 Å². The van der Waals surface area contributed by atoms with Crippen LogP contribution in [0.3, 0.4) is 0 Å². The van der Waals surface area contributed by atoms with Gasteiger partial charge in [-0.3, -0.25) is 4.98 Å². The first-order chi connectivity index (χ1) is 14.6. The number of alkyl halides is 6. The Labute approximate surface area is 170 Å². The predicted molar refractivity (Wildman–Crippen MR) is 100 cm³/mol. The molecule has 0 atom stereocenters. The van der Waals surface area contributed by atoms with Crippen LogP contribution in [-0.2, 0) is 12.4 Å². The van der Waals surface area contributed by atoms with Gasteiger partial charge in [0, 0.05) is 18.1 Å². The van der Waals surface area contributed by atoms with Gasteiger partial charge in [-0.15, -0.1) is 0 Å². The molecule has 3 aromatic heterocycles. The van der Waals surface area contributed by atoms with Crippen molar-refractivity contribution in [3.8, 4) is 11.4 Å². The molecule has 0 aliphatic carbocycles. The van der Waals surface area contributed by atoms with Crippen LogP contribution in [0.4, 0.5) is 37.8 Å². The molecular formula is C20H11F6N5. The van der Waals surface area contributed by atoms with Crippen LogP contribution in [0.2, 0.25) is 0 Å². The number of nitrogens with one attached hydrogen (secondary N) is 1. The molecule has 4 aromatic rings. The third-order valence-electron chi connectivity index (χ3n) is 4.29. The number of fused-ring (bicyclic) bond motifs is 1. The predicted octanol–water partition coefficient (Wildman–Crippen LogP) is 5.87. The summed E-state index contributed by atoms with van der Waals surface area (Å²) in [5.41, 5.74) is -1.39. The summed E-state index contributed by atoms with van der Waals surface area (Å²) in [7, 11) is 0. The maximum Gasteiger partial charge on any atom is 0.418 e. The highest BCUT2D eigenvalue weighted by Gasteiger charge is 2.35. The standard InChI is InChI=1S/C20H11F6N5/c21-19(22,23)11-3-5-12(6-4-11)30-18-17-14(7-9-28-18)31-15(10-29-17)16-13(20(24,25)26)2-1-8-27-16/h1-10H,(H,28,30). The number of halogens is 6. The van der Waals surface area contributed by atoms with Gasteiger partial charge in [-0.05, 0) is 42.5 Å². The summed E-state index contributed by atoms with van der Waals surface area (Å²) in [6, 6.07) is 7.83. The lowest BCUT2D eigenvalue weighted by Crippen LogP contribution is -2.09. The van der Waals surface area contributed by atoms with Crippen molar-refractivity contribution in [2.24, 2.45) is 0 Å². The third kappa shape index (κ3) is 4.25. The monoisotopic (exact) mass is 435 g/mol. The summed E-state index contributed by atoms with van der Waals surface area (Å²) in [4.78, 5) is 16.3. The number of hydrogen-bond acceptors (Lipinski definition) is 5. The van der Waals surface area contributed by atoms with Crippen LogP contribution in [0.25, 0.3) is 22.4 Å². The second kappa shape index (κ2) is 7.49. The van der Waals surface area contributed by atoms with Gasteiger partial charge in [-0.25, -0.2) is 15.0 Å². The fraction of sp³-hybridized carbons (Fsp3) is 0.100. The number of pyridine rings is 2. The Balaban J connectivity index is 1.70. The average Bonchev–Trinajstić information content (AvgIpc) is 2.73. The molecule has 0 bridgehead atoms. The van der Waals surface area contributed by atoms with Gasteiger partial charge in [0.05, 0.1) is 22.8 Å². The Hall–Kier alpha value is -3.76. The lowest BCUT2D eigenvalue weighted by atomic mass is 10.1. The Bertz CT molecular complexity index is 1240. The molecule has 0 amide bonds. The fourth-order valence-electron chi connectivity index (χ4n) is 2.87. The van der Waals surface area contributed by atoms with Crippen LogP contribution in [0.1, 0.15) is 11.1 Å². The van der Waals surface area contributed by atoms with E-state index in [9.17, 15) is 26.3 Å². The van der Waals surface area contributed by atoms with Crippen LogP contribution < -0.4 is 5.32 Å². The summed E-state index contributed by atoms with van der Waals surface area (Å²) < 4.78 is 78.0. The summed E-state index contributed by atoms with van der Waals surface area (Å²) in [6.45, 7) is 0. The molecule has 0 radical (unpaired) electrons. The van der Waals surface area contributed by atoms with Gasteiger partial charge < -0.3 is 5.32 Å². The van der Waals surface area contributed by atoms with E-state index in [2.05, 4.69) is 25.3 Å². The quantitative estimate of drug-likeness (QED) is 0.408. The molecule has 3 heterocycles. The van der Waals surface area contributed by atoms with Gasteiger partial charge in [0.2, 0.25) is 0 Å². The molecule has 0 aliphatic rings. The highest BCUT2D eigenvalue weighted by molar-refractivity contribution is 5.88. The molecule has 158 valence electrons. The second-order valence-electron chi connectivity index (χ2n) is 6.38. The molecular weight excluding hydrogens is 424 g/mol. The smallest absolute Gasteiger partial charge is 0.338 e. The van der Waals surface area contributed by atoms with Crippen molar-refractivity contribution in [2.75, 3.05) is 5.32 Å².